The number of nitrogens with one attached hydrogen (secondary N) is 1. The lowest BCUT2D eigenvalue weighted by atomic mass is 9.98. The summed E-state index contributed by atoms with van der Waals surface area (Å²) in [4.78, 5) is 0. The molecule has 0 saturated carbocycles. The average molecular weight is 371 g/mol. The van der Waals surface area contributed by atoms with Crippen molar-refractivity contribution in [2.45, 2.75) is 25.8 Å². The Hall–Kier alpha value is -0.900. The first kappa shape index (κ1) is 16.5. The number of hydrogen-bond acceptors (Lipinski definition) is 1. The van der Waals surface area contributed by atoms with Crippen LogP contribution in [0, 0.1) is 5.82 Å². The number of benzene rings is 2. The third-order valence-corrected chi connectivity index (χ3v) is 4.20. The molecule has 0 amide bonds. The van der Waals surface area contributed by atoms with Gasteiger partial charge in [0.15, 0.2) is 0 Å². The van der Waals surface area contributed by atoms with E-state index in [-0.39, 0.29) is 11.9 Å². The van der Waals surface area contributed by atoms with Crippen LogP contribution in [0.1, 0.15) is 30.5 Å². The Labute approximate surface area is 138 Å². The third kappa shape index (κ3) is 4.80. The molecule has 2 aromatic rings. The standard InChI is InChI=1S/C17H18BrClFN/c1-2-9-21-17(10-12-3-5-13(18)6-4-12)15-11-14(20)7-8-16(15)19/h3-8,11,17,21H,2,9-10H2,1H3. The summed E-state index contributed by atoms with van der Waals surface area (Å²) in [6.45, 7) is 2.98. The number of halogens is 3. The van der Waals surface area contributed by atoms with E-state index in [1.807, 2.05) is 12.1 Å². The van der Waals surface area contributed by atoms with E-state index in [1.54, 1.807) is 6.07 Å². The topological polar surface area (TPSA) is 12.0 Å². The van der Waals surface area contributed by atoms with Gasteiger partial charge in [-0.1, -0.05) is 46.6 Å². The lowest BCUT2D eigenvalue weighted by molar-refractivity contribution is 0.524. The Morgan fingerprint density at radius 3 is 2.57 bits per heavy atom. The minimum Gasteiger partial charge on any atom is -0.310 e. The minimum atomic E-state index is -0.256. The summed E-state index contributed by atoms with van der Waals surface area (Å²) in [5.41, 5.74) is 2.00. The van der Waals surface area contributed by atoms with Crippen LogP contribution in [0.5, 0.6) is 0 Å². The molecular weight excluding hydrogens is 353 g/mol. The Bertz CT molecular complexity index is 586. The summed E-state index contributed by atoms with van der Waals surface area (Å²) in [5, 5.41) is 4.05. The maximum Gasteiger partial charge on any atom is 0.123 e. The Morgan fingerprint density at radius 1 is 1.19 bits per heavy atom. The lowest BCUT2D eigenvalue weighted by Gasteiger charge is -2.20. The van der Waals surface area contributed by atoms with Crippen molar-refractivity contribution in [3.05, 3.63) is 68.9 Å². The Balaban J connectivity index is 2.25. The van der Waals surface area contributed by atoms with Crippen LogP contribution in [0.2, 0.25) is 5.02 Å². The van der Waals surface area contributed by atoms with Crippen molar-refractivity contribution >= 4 is 27.5 Å². The summed E-state index contributed by atoms with van der Waals surface area (Å²) in [6.07, 6.45) is 1.79. The van der Waals surface area contributed by atoms with Gasteiger partial charge in [0.25, 0.3) is 0 Å². The van der Waals surface area contributed by atoms with Gasteiger partial charge in [0.05, 0.1) is 0 Å². The first-order valence-electron chi connectivity index (χ1n) is 7.03. The van der Waals surface area contributed by atoms with Gasteiger partial charge < -0.3 is 5.32 Å². The highest BCUT2D eigenvalue weighted by Gasteiger charge is 2.15. The van der Waals surface area contributed by atoms with Gasteiger partial charge in [-0.05, 0) is 60.8 Å². The first-order chi connectivity index (χ1) is 10.1. The summed E-state index contributed by atoms with van der Waals surface area (Å²) in [6, 6.07) is 12.7. The third-order valence-electron chi connectivity index (χ3n) is 3.33. The molecule has 1 N–H and O–H groups in total. The van der Waals surface area contributed by atoms with Gasteiger partial charge in [-0.3, -0.25) is 0 Å². The summed E-state index contributed by atoms with van der Waals surface area (Å²) < 4.78 is 14.6. The van der Waals surface area contributed by atoms with Gasteiger partial charge in [-0.2, -0.15) is 0 Å². The van der Waals surface area contributed by atoms with E-state index < -0.39 is 0 Å². The van der Waals surface area contributed by atoms with E-state index >= 15 is 0 Å². The van der Waals surface area contributed by atoms with Crippen LogP contribution in [0.15, 0.2) is 46.9 Å². The van der Waals surface area contributed by atoms with Gasteiger partial charge >= 0.3 is 0 Å². The second kappa shape index (κ2) is 7.92. The van der Waals surface area contributed by atoms with Crippen LogP contribution in [0.4, 0.5) is 4.39 Å². The molecule has 0 radical (unpaired) electrons. The number of hydrogen-bond donors (Lipinski definition) is 1. The Morgan fingerprint density at radius 2 is 1.90 bits per heavy atom. The molecule has 0 saturated heterocycles. The van der Waals surface area contributed by atoms with Gasteiger partial charge in [-0.25, -0.2) is 4.39 Å². The molecule has 2 aromatic carbocycles. The van der Waals surface area contributed by atoms with Crippen molar-refractivity contribution < 1.29 is 4.39 Å². The molecule has 4 heteroatoms. The zero-order valence-electron chi connectivity index (χ0n) is 11.9. The molecule has 1 atom stereocenters. The van der Waals surface area contributed by atoms with E-state index in [2.05, 4.69) is 40.3 Å². The maximum absolute atomic E-state index is 13.5. The molecule has 2 rings (SSSR count). The smallest absolute Gasteiger partial charge is 0.123 e. The largest absolute Gasteiger partial charge is 0.310 e. The van der Waals surface area contributed by atoms with Crippen molar-refractivity contribution in [1.29, 1.82) is 0 Å². The van der Waals surface area contributed by atoms with Crippen LogP contribution in [0.3, 0.4) is 0 Å². The molecular formula is C17H18BrClFN. The molecule has 1 nitrogen and oxygen atoms in total. The van der Waals surface area contributed by atoms with Crippen LogP contribution in [-0.4, -0.2) is 6.54 Å². The number of rotatable bonds is 6. The monoisotopic (exact) mass is 369 g/mol. The highest BCUT2D eigenvalue weighted by Crippen LogP contribution is 2.27. The van der Waals surface area contributed by atoms with E-state index in [0.717, 1.165) is 29.4 Å². The fraction of sp³-hybridized carbons (Fsp3) is 0.294. The highest BCUT2D eigenvalue weighted by molar-refractivity contribution is 9.10. The fourth-order valence-corrected chi connectivity index (χ4v) is 2.76. The normalized spacial score (nSPS) is 12.4. The molecule has 0 aliphatic carbocycles. The molecule has 1 unspecified atom stereocenters. The molecule has 0 bridgehead atoms. The SMILES string of the molecule is CCCNC(Cc1ccc(Br)cc1)c1cc(F)ccc1Cl. The van der Waals surface area contributed by atoms with Gasteiger partial charge in [0.2, 0.25) is 0 Å². The van der Waals surface area contributed by atoms with Gasteiger partial charge in [0, 0.05) is 15.5 Å². The molecule has 0 aliphatic heterocycles. The zero-order chi connectivity index (χ0) is 15.2. The Kier molecular flexibility index (Phi) is 6.22. The predicted molar refractivity (Wildman–Crippen MR) is 90.3 cm³/mol. The molecule has 21 heavy (non-hydrogen) atoms. The molecule has 0 spiro atoms. The predicted octanol–water partition coefficient (Wildman–Crippen LogP) is 5.53. The van der Waals surface area contributed by atoms with E-state index in [4.69, 9.17) is 11.6 Å². The molecule has 0 aliphatic rings. The van der Waals surface area contributed by atoms with Gasteiger partial charge in [-0.15, -0.1) is 0 Å². The maximum atomic E-state index is 13.5. The van der Waals surface area contributed by atoms with E-state index in [0.29, 0.717) is 5.02 Å². The fourth-order valence-electron chi connectivity index (χ4n) is 2.25. The summed E-state index contributed by atoms with van der Waals surface area (Å²) >= 11 is 9.68. The van der Waals surface area contributed by atoms with Crippen LogP contribution >= 0.6 is 27.5 Å². The van der Waals surface area contributed by atoms with Crippen LogP contribution < -0.4 is 5.32 Å². The van der Waals surface area contributed by atoms with Crippen molar-refractivity contribution in [2.24, 2.45) is 0 Å². The minimum absolute atomic E-state index is 0.00863. The molecule has 112 valence electrons. The highest BCUT2D eigenvalue weighted by atomic mass is 79.9. The van der Waals surface area contributed by atoms with Crippen molar-refractivity contribution in [3.8, 4) is 0 Å². The van der Waals surface area contributed by atoms with Crippen molar-refractivity contribution in [2.75, 3.05) is 6.54 Å². The summed E-state index contributed by atoms with van der Waals surface area (Å²) in [5.74, 6) is -0.256. The quantitative estimate of drug-likeness (QED) is 0.705. The van der Waals surface area contributed by atoms with Crippen molar-refractivity contribution in [3.63, 3.8) is 0 Å². The second-order valence-corrected chi connectivity index (χ2v) is 6.33. The van der Waals surface area contributed by atoms with E-state index in [9.17, 15) is 4.39 Å². The van der Waals surface area contributed by atoms with Crippen LogP contribution in [0.25, 0.3) is 0 Å². The van der Waals surface area contributed by atoms with Gasteiger partial charge in [0.1, 0.15) is 5.82 Å². The molecule has 0 aromatic heterocycles. The zero-order valence-corrected chi connectivity index (χ0v) is 14.2. The van der Waals surface area contributed by atoms with Crippen LogP contribution in [-0.2, 0) is 6.42 Å². The second-order valence-electron chi connectivity index (χ2n) is 5.00. The first-order valence-corrected chi connectivity index (χ1v) is 8.20. The molecule has 0 heterocycles. The lowest BCUT2D eigenvalue weighted by Crippen LogP contribution is -2.24. The van der Waals surface area contributed by atoms with E-state index in [1.165, 1.54) is 17.7 Å². The average Bonchev–Trinajstić information content (AvgIpc) is 2.48. The summed E-state index contributed by atoms with van der Waals surface area (Å²) in [7, 11) is 0. The van der Waals surface area contributed by atoms with Crippen molar-refractivity contribution in [1.82, 2.24) is 5.32 Å². The molecule has 0 fully saturated rings.